The van der Waals surface area contributed by atoms with Crippen LogP contribution in [0.25, 0.3) is 22.3 Å². The molecule has 2 aliphatic carbocycles. The van der Waals surface area contributed by atoms with Gasteiger partial charge in [0.25, 0.3) is 6.71 Å². The van der Waals surface area contributed by atoms with Gasteiger partial charge in [0.2, 0.25) is 0 Å². The summed E-state index contributed by atoms with van der Waals surface area (Å²) in [7, 11) is 0. The molecule has 420 valence electrons. The SMILES string of the molecule is CC(C)(C)c1ccc(-c2cccc(-c3cc(C(C)(C)C)ccc3N3c4cc(C(C)(C)c5ccccc5)ccc4B4c5cc6c(cc5N(c5ccc7c(c5)C(C)(C)CCC7(C)C)c5cc(C(C)(C)C)cc3c54)C(C)(C)CCC6(C)C)c2)cc1. The second kappa shape index (κ2) is 18.7. The van der Waals surface area contributed by atoms with Crippen LogP contribution in [0.3, 0.4) is 0 Å². The summed E-state index contributed by atoms with van der Waals surface area (Å²) in [5.74, 6) is 0. The van der Waals surface area contributed by atoms with E-state index in [-0.39, 0.29) is 50.0 Å². The fourth-order valence-electron chi connectivity index (χ4n) is 14.6. The van der Waals surface area contributed by atoms with E-state index in [1.165, 1.54) is 136 Å². The van der Waals surface area contributed by atoms with Crippen LogP contribution in [0.2, 0.25) is 0 Å². The zero-order valence-corrected chi connectivity index (χ0v) is 53.3. The summed E-state index contributed by atoms with van der Waals surface area (Å²) < 4.78 is 0. The van der Waals surface area contributed by atoms with Crippen molar-refractivity contribution in [3.05, 3.63) is 208 Å². The predicted octanol–water partition coefficient (Wildman–Crippen LogP) is 20.0. The average molecular weight is 1080 g/mol. The Morgan fingerprint density at radius 2 is 0.841 bits per heavy atom. The Labute approximate surface area is 494 Å². The van der Waals surface area contributed by atoms with Crippen molar-refractivity contribution in [2.45, 2.75) is 201 Å². The number of hydrogen-bond acceptors (Lipinski definition) is 2. The third kappa shape index (κ3) is 9.22. The topological polar surface area (TPSA) is 6.48 Å². The molecule has 0 N–H and O–H groups in total. The molecular weight excluding hydrogens is 988 g/mol. The van der Waals surface area contributed by atoms with Gasteiger partial charge >= 0.3 is 0 Å². The molecule has 0 unspecified atom stereocenters. The summed E-state index contributed by atoms with van der Waals surface area (Å²) in [5.41, 5.74) is 28.9. The van der Waals surface area contributed by atoms with E-state index in [1.807, 2.05) is 0 Å². The monoisotopic (exact) mass is 1080 g/mol. The van der Waals surface area contributed by atoms with Gasteiger partial charge in [0, 0.05) is 39.4 Å². The van der Waals surface area contributed by atoms with E-state index in [9.17, 15) is 0 Å². The lowest BCUT2D eigenvalue weighted by Crippen LogP contribution is -2.62. The van der Waals surface area contributed by atoms with Crippen molar-refractivity contribution in [3.63, 3.8) is 0 Å². The molecule has 2 aliphatic heterocycles. The first-order valence-electron chi connectivity index (χ1n) is 30.9. The van der Waals surface area contributed by atoms with Crippen LogP contribution in [0.4, 0.5) is 34.1 Å². The van der Waals surface area contributed by atoms with Crippen LogP contribution in [-0.4, -0.2) is 6.71 Å². The molecule has 4 aliphatic rings. The Balaban J connectivity index is 1.20. The Morgan fingerprint density at radius 1 is 0.329 bits per heavy atom. The van der Waals surface area contributed by atoms with Crippen molar-refractivity contribution in [3.8, 4) is 22.3 Å². The summed E-state index contributed by atoms with van der Waals surface area (Å²) in [6.07, 6.45) is 4.67. The summed E-state index contributed by atoms with van der Waals surface area (Å²) in [5, 5.41) is 0. The maximum atomic E-state index is 2.74. The Bertz CT molecular complexity index is 3840. The molecule has 12 rings (SSSR count). The minimum absolute atomic E-state index is 0.0192. The quantitative estimate of drug-likeness (QED) is 0.153. The Hall–Kier alpha value is -6.58. The van der Waals surface area contributed by atoms with Crippen LogP contribution < -0.4 is 26.2 Å². The molecule has 0 aromatic heterocycles. The molecule has 3 heteroatoms. The molecule has 8 aromatic rings. The van der Waals surface area contributed by atoms with E-state index in [0.717, 1.165) is 12.8 Å². The molecular formula is C79H91BN2. The first kappa shape index (κ1) is 55.9. The van der Waals surface area contributed by atoms with E-state index >= 15 is 0 Å². The second-order valence-electron chi connectivity index (χ2n) is 31.7. The van der Waals surface area contributed by atoms with Gasteiger partial charge in [0.05, 0.1) is 5.69 Å². The lowest BCUT2D eigenvalue weighted by Gasteiger charge is -2.48. The second-order valence-corrected chi connectivity index (χ2v) is 31.7. The molecule has 0 radical (unpaired) electrons. The highest BCUT2D eigenvalue weighted by Crippen LogP contribution is 2.54. The minimum atomic E-state index is -0.277. The van der Waals surface area contributed by atoms with Crippen molar-refractivity contribution >= 4 is 57.2 Å². The highest BCUT2D eigenvalue weighted by atomic mass is 15.2. The van der Waals surface area contributed by atoms with Crippen LogP contribution in [0, 0.1) is 0 Å². The van der Waals surface area contributed by atoms with Crippen molar-refractivity contribution in [2.75, 3.05) is 9.80 Å². The van der Waals surface area contributed by atoms with Crippen LogP contribution in [0.1, 0.15) is 207 Å². The first-order chi connectivity index (χ1) is 38.3. The number of nitrogens with zero attached hydrogens (tertiary/aromatic N) is 2. The summed E-state index contributed by atoms with van der Waals surface area (Å²) >= 11 is 0. The third-order valence-corrected chi connectivity index (χ3v) is 20.6. The van der Waals surface area contributed by atoms with Gasteiger partial charge < -0.3 is 9.80 Å². The normalized spacial score (nSPS) is 17.6. The van der Waals surface area contributed by atoms with Gasteiger partial charge in [0.15, 0.2) is 0 Å². The first-order valence-corrected chi connectivity index (χ1v) is 30.9. The fourth-order valence-corrected chi connectivity index (χ4v) is 14.6. The van der Waals surface area contributed by atoms with Gasteiger partial charge in [-0.05, 0) is 201 Å². The summed E-state index contributed by atoms with van der Waals surface area (Å²) in [6.45, 7) is 45.9. The largest absolute Gasteiger partial charge is 0.311 e. The van der Waals surface area contributed by atoms with E-state index < -0.39 is 0 Å². The standard InChI is InChI=1S/C79H91BN2/c1-72(2,3)53-30-28-50(29-31-53)51-24-23-25-52(42-51)59-43-55(73(4,5)6)33-37-66(59)82-67-44-56(79(18,19)54-26-21-20-22-27-54)32-36-64(67)80-65-48-62-63(78(16,17)41-40-77(62,14)15)49-68(65)81(69-45-57(74(7,8)9)46-70(82)71(69)80)58-34-35-60-61(47-58)76(12,13)39-38-75(60,10)11/h20-37,42-49H,38-41H2,1-19H3. The molecule has 8 aromatic carbocycles. The Morgan fingerprint density at radius 3 is 1.45 bits per heavy atom. The summed E-state index contributed by atoms with van der Waals surface area (Å²) in [4.78, 5) is 5.47. The van der Waals surface area contributed by atoms with Crippen molar-refractivity contribution in [1.29, 1.82) is 0 Å². The molecule has 0 spiro atoms. The number of anilines is 6. The van der Waals surface area contributed by atoms with Crippen molar-refractivity contribution in [2.24, 2.45) is 0 Å². The highest BCUT2D eigenvalue weighted by molar-refractivity contribution is 7.00. The smallest absolute Gasteiger partial charge is 0.252 e. The molecule has 0 saturated heterocycles. The minimum Gasteiger partial charge on any atom is -0.311 e. The van der Waals surface area contributed by atoms with Gasteiger partial charge in [-0.1, -0.05) is 235 Å². The lowest BCUT2D eigenvalue weighted by atomic mass is 9.33. The number of fused-ring (bicyclic) bond motifs is 6. The number of rotatable bonds is 6. The molecule has 0 fully saturated rings. The molecule has 2 heterocycles. The van der Waals surface area contributed by atoms with Gasteiger partial charge in [-0.2, -0.15) is 0 Å². The van der Waals surface area contributed by atoms with Crippen molar-refractivity contribution < 1.29 is 0 Å². The van der Waals surface area contributed by atoms with E-state index in [4.69, 9.17) is 0 Å². The summed E-state index contributed by atoms with van der Waals surface area (Å²) in [6, 6.07) is 63.0. The van der Waals surface area contributed by atoms with Crippen LogP contribution in [0.5, 0.6) is 0 Å². The maximum absolute atomic E-state index is 2.74. The predicted molar refractivity (Wildman–Crippen MR) is 357 cm³/mol. The Kier molecular flexibility index (Phi) is 12.8. The van der Waals surface area contributed by atoms with Gasteiger partial charge in [-0.3, -0.25) is 0 Å². The van der Waals surface area contributed by atoms with E-state index in [1.54, 1.807) is 0 Å². The average Bonchev–Trinajstić information content (AvgIpc) is 0.842. The number of benzene rings is 8. The fraction of sp³-hybridized carbons (Fsp3) is 0.392. The zero-order chi connectivity index (χ0) is 58.6. The maximum Gasteiger partial charge on any atom is 0.252 e. The molecule has 0 amide bonds. The van der Waals surface area contributed by atoms with E-state index in [2.05, 4.69) is 299 Å². The molecule has 82 heavy (non-hydrogen) atoms. The molecule has 0 bridgehead atoms. The third-order valence-electron chi connectivity index (χ3n) is 20.6. The molecule has 2 nitrogen and oxygen atoms in total. The lowest BCUT2D eigenvalue weighted by molar-refractivity contribution is 0.332. The zero-order valence-electron chi connectivity index (χ0n) is 53.3. The van der Waals surface area contributed by atoms with Gasteiger partial charge in [-0.15, -0.1) is 0 Å². The highest BCUT2D eigenvalue weighted by Gasteiger charge is 2.48. The molecule has 0 atom stereocenters. The molecule has 0 saturated carbocycles. The van der Waals surface area contributed by atoms with Gasteiger partial charge in [0.1, 0.15) is 0 Å². The number of hydrogen-bond donors (Lipinski definition) is 0. The van der Waals surface area contributed by atoms with Gasteiger partial charge in [-0.25, -0.2) is 0 Å². The van der Waals surface area contributed by atoms with Crippen molar-refractivity contribution in [1.82, 2.24) is 0 Å². The van der Waals surface area contributed by atoms with Crippen LogP contribution >= 0.6 is 0 Å². The van der Waals surface area contributed by atoms with Crippen LogP contribution in [-0.2, 0) is 43.3 Å². The van der Waals surface area contributed by atoms with E-state index in [0.29, 0.717) is 0 Å². The van der Waals surface area contributed by atoms with Crippen LogP contribution in [0.15, 0.2) is 158 Å².